The second kappa shape index (κ2) is 7.05. The van der Waals surface area contributed by atoms with Crippen LogP contribution in [0.1, 0.15) is 40.2 Å². The lowest BCUT2D eigenvalue weighted by Gasteiger charge is -2.22. The van der Waals surface area contributed by atoms with Crippen molar-refractivity contribution in [2.24, 2.45) is 7.05 Å². The minimum absolute atomic E-state index is 0.0502. The van der Waals surface area contributed by atoms with E-state index in [1.807, 2.05) is 20.0 Å². The first-order chi connectivity index (χ1) is 12.9. The third kappa shape index (κ3) is 3.49. The van der Waals surface area contributed by atoms with E-state index in [0.717, 1.165) is 35.4 Å². The van der Waals surface area contributed by atoms with Crippen LogP contribution >= 0.6 is 11.3 Å². The molecule has 1 saturated heterocycles. The molecule has 27 heavy (non-hydrogen) atoms. The van der Waals surface area contributed by atoms with Crippen LogP contribution < -0.4 is 4.90 Å². The second-order valence-corrected chi connectivity index (χ2v) is 8.26. The molecule has 0 aliphatic carbocycles. The molecule has 1 aromatic carbocycles. The lowest BCUT2D eigenvalue weighted by Crippen LogP contribution is -2.37. The highest BCUT2D eigenvalue weighted by molar-refractivity contribution is 7.22. The molecule has 0 spiro atoms. The number of hydrogen-bond acceptors (Lipinski definition) is 5. The number of thiazole rings is 1. The Hall–Kier alpha value is -2.25. The van der Waals surface area contributed by atoms with Gasteiger partial charge in [0.1, 0.15) is 0 Å². The number of aryl methyl sites for hydroxylation is 4. The summed E-state index contributed by atoms with van der Waals surface area (Å²) in [6, 6.07) is 6.06. The molecule has 1 amide bonds. The van der Waals surface area contributed by atoms with Crippen LogP contribution in [0.2, 0.25) is 0 Å². The van der Waals surface area contributed by atoms with Gasteiger partial charge in [-0.2, -0.15) is 5.10 Å². The van der Waals surface area contributed by atoms with Gasteiger partial charge in [0.2, 0.25) is 0 Å². The molecule has 2 aromatic heterocycles. The van der Waals surface area contributed by atoms with Crippen molar-refractivity contribution in [1.82, 2.24) is 14.8 Å². The first-order valence-electron chi connectivity index (χ1n) is 9.24. The molecule has 142 valence electrons. The monoisotopic (exact) mass is 384 g/mol. The van der Waals surface area contributed by atoms with Gasteiger partial charge < -0.3 is 4.74 Å². The molecular weight excluding hydrogens is 360 g/mol. The highest BCUT2D eigenvalue weighted by Gasteiger charge is 2.28. The largest absolute Gasteiger partial charge is 0.376 e. The maximum absolute atomic E-state index is 13.3. The summed E-state index contributed by atoms with van der Waals surface area (Å²) in [6.45, 7) is 7.39. The van der Waals surface area contributed by atoms with Crippen LogP contribution in [0, 0.1) is 20.8 Å². The second-order valence-electron chi connectivity index (χ2n) is 7.25. The van der Waals surface area contributed by atoms with E-state index < -0.39 is 0 Å². The van der Waals surface area contributed by atoms with Gasteiger partial charge in [-0.15, -0.1) is 0 Å². The van der Waals surface area contributed by atoms with Crippen molar-refractivity contribution in [1.29, 1.82) is 0 Å². The van der Waals surface area contributed by atoms with Crippen LogP contribution in [0.5, 0.6) is 0 Å². The Morgan fingerprint density at radius 3 is 2.74 bits per heavy atom. The number of carbonyl (C=O) groups excluding carboxylic acids is 1. The van der Waals surface area contributed by atoms with Gasteiger partial charge in [0.25, 0.3) is 5.91 Å². The smallest absolute Gasteiger partial charge is 0.280 e. The maximum atomic E-state index is 13.3. The van der Waals surface area contributed by atoms with Gasteiger partial charge in [0, 0.05) is 19.3 Å². The van der Waals surface area contributed by atoms with Crippen molar-refractivity contribution >= 4 is 32.6 Å². The zero-order valence-electron chi connectivity index (χ0n) is 16.2. The highest BCUT2D eigenvalue weighted by atomic mass is 32.1. The molecule has 1 atom stereocenters. The Labute approximate surface area is 162 Å². The van der Waals surface area contributed by atoms with E-state index in [-0.39, 0.29) is 12.0 Å². The molecular formula is C20H24N4O2S. The summed E-state index contributed by atoms with van der Waals surface area (Å²) in [5.74, 6) is -0.123. The average molecular weight is 385 g/mol. The zero-order valence-corrected chi connectivity index (χ0v) is 17.0. The lowest BCUT2D eigenvalue weighted by molar-refractivity contribution is 0.0913. The number of aromatic nitrogens is 3. The Balaban J connectivity index is 1.73. The normalized spacial score (nSPS) is 17.0. The van der Waals surface area contributed by atoms with E-state index in [1.54, 1.807) is 20.9 Å². The summed E-state index contributed by atoms with van der Waals surface area (Å²) >= 11 is 1.55. The Morgan fingerprint density at radius 2 is 2.07 bits per heavy atom. The molecule has 0 N–H and O–H groups in total. The van der Waals surface area contributed by atoms with E-state index in [4.69, 9.17) is 9.72 Å². The van der Waals surface area contributed by atoms with Gasteiger partial charge in [-0.05, 0) is 62.9 Å². The molecule has 1 aliphatic heterocycles. The van der Waals surface area contributed by atoms with E-state index in [1.165, 1.54) is 11.1 Å². The van der Waals surface area contributed by atoms with Crippen molar-refractivity contribution in [2.75, 3.05) is 18.1 Å². The standard InChI is InChI=1S/C20H24N4O2S/c1-12-8-16-18(9-13(12)2)27-20(21-16)24(11-15-6-5-7-26-15)19(25)17-10-14(3)23(4)22-17/h8-10,15H,5-7,11H2,1-4H3. The number of anilines is 1. The van der Waals surface area contributed by atoms with Gasteiger partial charge >= 0.3 is 0 Å². The fraction of sp³-hybridized carbons (Fsp3) is 0.450. The third-order valence-electron chi connectivity index (χ3n) is 5.21. The number of nitrogens with zero attached hydrogens (tertiary/aromatic N) is 4. The fourth-order valence-corrected chi connectivity index (χ4v) is 4.38. The van der Waals surface area contributed by atoms with Crippen LogP contribution in [-0.2, 0) is 11.8 Å². The highest BCUT2D eigenvalue weighted by Crippen LogP contribution is 2.32. The third-order valence-corrected chi connectivity index (χ3v) is 6.25. The lowest BCUT2D eigenvalue weighted by atomic mass is 10.1. The van der Waals surface area contributed by atoms with Gasteiger partial charge in [-0.3, -0.25) is 14.4 Å². The topological polar surface area (TPSA) is 60.3 Å². The van der Waals surface area contributed by atoms with Crippen molar-refractivity contribution in [3.05, 3.63) is 40.7 Å². The van der Waals surface area contributed by atoms with Gasteiger partial charge in [-0.1, -0.05) is 11.3 Å². The van der Waals surface area contributed by atoms with E-state index in [0.29, 0.717) is 17.4 Å². The molecule has 0 radical (unpaired) electrons. The average Bonchev–Trinajstić information content (AvgIpc) is 3.34. The predicted molar refractivity (Wildman–Crippen MR) is 108 cm³/mol. The summed E-state index contributed by atoms with van der Waals surface area (Å²) in [5.41, 5.74) is 4.76. The summed E-state index contributed by atoms with van der Waals surface area (Å²) in [5, 5.41) is 5.08. The Bertz CT molecular complexity index is 942. The molecule has 1 aliphatic rings. The Kier molecular flexibility index (Phi) is 4.74. The molecule has 3 aromatic rings. The number of amides is 1. The maximum Gasteiger partial charge on any atom is 0.280 e. The molecule has 6 nitrogen and oxygen atoms in total. The van der Waals surface area contributed by atoms with Crippen LogP contribution in [0.4, 0.5) is 5.13 Å². The predicted octanol–water partition coefficient (Wildman–Crippen LogP) is 3.78. The molecule has 4 rings (SSSR count). The van der Waals surface area contributed by atoms with Crippen LogP contribution in [-0.4, -0.2) is 39.9 Å². The van der Waals surface area contributed by atoms with Crippen LogP contribution in [0.15, 0.2) is 18.2 Å². The number of fused-ring (bicyclic) bond motifs is 1. The molecule has 1 fully saturated rings. The quantitative estimate of drug-likeness (QED) is 0.687. The SMILES string of the molecule is Cc1cc2nc(N(CC3CCCO3)C(=O)c3cc(C)n(C)n3)sc2cc1C. The number of carbonyl (C=O) groups is 1. The molecule has 7 heteroatoms. The van der Waals surface area contributed by atoms with Gasteiger partial charge in [0.15, 0.2) is 10.8 Å². The first kappa shape index (κ1) is 18.1. The molecule has 3 heterocycles. The van der Waals surface area contributed by atoms with Crippen molar-refractivity contribution in [3.63, 3.8) is 0 Å². The van der Waals surface area contributed by atoms with Crippen LogP contribution in [0.3, 0.4) is 0 Å². The fourth-order valence-electron chi connectivity index (χ4n) is 3.33. The van der Waals surface area contributed by atoms with Gasteiger partial charge in [-0.25, -0.2) is 4.98 Å². The molecule has 0 saturated carbocycles. The molecule has 0 bridgehead atoms. The number of hydrogen-bond donors (Lipinski definition) is 0. The van der Waals surface area contributed by atoms with E-state index in [9.17, 15) is 4.79 Å². The first-order valence-corrected chi connectivity index (χ1v) is 10.1. The number of rotatable bonds is 4. The van der Waals surface area contributed by atoms with Crippen LogP contribution in [0.25, 0.3) is 10.2 Å². The van der Waals surface area contributed by atoms with Gasteiger partial charge in [0.05, 0.1) is 22.9 Å². The number of benzene rings is 1. The zero-order chi connectivity index (χ0) is 19.1. The molecule has 1 unspecified atom stereocenters. The summed E-state index contributed by atoms with van der Waals surface area (Å²) in [4.78, 5) is 19.8. The van der Waals surface area contributed by atoms with Crippen molar-refractivity contribution < 1.29 is 9.53 Å². The van der Waals surface area contributed by atoms with Crippen molar-refractivity contribution in [2.45, 2.75) is 39.7 Å². The number of ether oxygens (including phenoxy) is 1. The Morgan fingerprint density at radius 1 is 1.30 bits per heavy atom. The minimum atomic E-state index is -0.123. The summed E-state index contributed by atoms with van der Waals surface area (Å²) in [6.07, 6.45) is 2.05. The van der Waals surface area contributed by atoms with Crippen molar-refractivity contribution in [3.8, 4) is 0 Å². The summed E-state index contributed by atoms with van der Waals surface area (Å²) < 4.78 is 8.61. The van der Waals surface area contributed by atoms with E-state index >= 15 is 0 Å². The van der Waals surface area contributed by atoms with E-state index in [2.05, 4.69) is 31.1 Å². The minimum Gasteiger partial charge on any atom is -0.376 e. The summed E-state index contributed by atoms with van der Waals surface area (Å²) in [7, 11) is 1.85.